The van der Waals surface area contributed by atoms with Gasteiger partial charge < -0.3 is 9.84 Å². The number of aliphatic hydroxyl groups excluding tert-OH is 1. The highest BCUT2D eigenvalue weighted by atomic mass is 35.5. The zero-order valence-electron chi connectivity index (χ0n) is 18.3. The highest BCUT2D eigenvalue weighted by Gasteiger charge is 2.48. The Kier molecular flexibility index (Phi) is 5.59. The predicted octanol–water partition coefficient (Wildman–Crippen LogP) is 5.89. The number of nitrogens with zero attached hydrogens (tertiary/aromatic N) is 2. The van der Waals surface area contributed by atoms with Gasteiger partial charge in [-0.3, -0.25) is 14.5 Å². The van der Waals surface area contributed by atoms with Crippen LogP contribution in [0.15, 0.2) is 72.3 Å². The summed E-state index contributed by atoms with van der Waals surface area (Å²) in [5, 5.41) is 12.0. The van der Waals surface area contributed by atoms with Crippen LogP contribution in [0.2, 0.25) is 5.02 Å². The summed E-state index contributed by atoms with van der Waals surface area (Å²) < 4.78 is 6.08. The van der Waals surface area contributed by atoms with E-state index < -0.39 is 17.7 Å². The molecule has 0 bridgehead atoms. The van der Waals surface area contributed by atoms with E-state index in [1.165, 1.54) is 16.2 Å². The lowest BCUT2D eigenvalue weighted by Crippen LogP contribution is -2.29. The minimum atomic E-state index is -0.887. The van der Waals surface area contributed by atoms with Gasteiger partial charge in [-0.05, 0) is 66.6 Å². The molecule has 0 radical (unpaired) electrons. The monoisotopic (exact) mass is 490 g/mol. The van der Waals surface area contributed by atoms with Crippen molar-refractivity contribution in [1.82, 2.24) is 4.98 Å². The number of anilines is 1. The first-order chi connectivity index (χ1) is 16.4. The summed E-state index contributed by atoms with van der Waals surface area (Å²) in [5.74, 6) is -1.21. The molecule has 0 aliphatic carbocycles. The molecular formula is C26H19ClN2O4S. The maximum absolute atomic E-state index is 13.3. The Balaban J connectivity index is 1.72. The summed E-state index contributed by atoms with van der Waals surface area (Å²) in [6.07, 6.45) is 0. The maximum atomic E-state index is 13.3. The Hall–Kier alpha value is -3.68. The Morgan fingerprint density at radius 3 is 2.56 bits per heavy atom. The van der Waals surface area contributed by atoms with Crippen LogP contribution in [0.1, 0.15) is 22.7 Å². The summed E-state index contributed by atoms with van der Waals surface area (Å²) in [7, 11) is 1.54. The summed E-state index contributed by atoms with van der Waals surface area (Å²) in [4.78, 5) is 32.6. The number of hydrogen-bond acceptors (Lipinski definition) is 6. The number of fused-ring (bicyclic) bond motifs is 1. The van der Waals surface area contributed by atoms with Crippen molar-refractivity contribution in [2.45, 2.75) is 13.0 Å². The van der Waals surface area contributed by atoms with Gasteiger partial charge in [0.1, 0.15) is 11.5 Å². The molecular weight excluding hydrogens is 472 g/mol. The van der Waals surface area contributed by atoms with Crippen molar-refractivity contribution in [3.63, 3.8) is 0 Å². The van der Waals surface area contributed by atoms with Crippen molar-refractivity contribution in [2.24, 2.45) is 0 Å². The molecule has 1 aliphatic rings. The average molecular weight is 491 g/mol. The molecule has 2 heterocycles. The van der Waals surface area contributed by atoms with Gasteiger partial charge in [-0.2, -0.15) is 0 Å². The molecule has 6 nitrogen and oxygen atoms in total. The second-order valence-electron chi connectivity index (χ2n) is 7.92. The molecule has 1 unspecified atom stereocenters. The number of aliphatic hydroxyl groups is 1. The number of aromatic nitrogens is 1. The fourth-order valence-corrected chi connectivity index (χ4v) is 5.34. The second kappa shape index (κ2) is 8.59. The first kappa shape index (κ1) is 22.1. The zero-order valence-corrected chi connectivity index (χ0v) is 19.9. The van der Waals surface area contributed by atoms with E-state index in [1.807, 2.05) is 25.1 Å². The number of Topliss-reactive ketones (excluding diaryl/α,β-unsaturated/α-hetero) is 1. The van der Waals surface area contributed by atoms with Crippen molar-refractivity contribution in [1.29, 1.82) is 0 Å². The van der Waals surface area contributed by atoms with Crippen LogP contribution in [-0.4, -0.2) is 28.9 Å². The van der Waals surface area contributed by atoms with Gasteiger partial charge in [0.15, 0.2) is 5.13 Å². The van der Waals surface area contributed by atoms with Gasteiger partial charge in [0.2, 0.25) is 0 Å². The lowest BCUT2D eigenvalue weighted by Gasteiger charge is -2.23. The predicted molar refractivity (Wildman–Crippen MR) is 134 cm³/mol. The van der Waals surface area contributed by atoms with Crippen molar-refractivity contribution in [3.8, 4) is 5.75 Å². The van der Waals surface area contributed by atoms with Gasteiger partial charge in [-0.25, -0.2) is 4.98 Å². The topological polar surface area (TPSA) is 79.7 Å². The first-order valence-corrected chi connectivity index (χ1v) is 11.6. The van der Waals surface area contributed by atoms with Gasteiger partial charge in [-0.1, -0.05) is 41.1 Å². The highest BCUT2D eigenvalue weighted by Crippen LogP contribution is 2.44. The number of carbonyl (C=O) groups is 2. The van der Waals surface area contributed by atoms with E-state index in [0.717, 1.165) is 15.8 Å². The van der Waals surface area contributed by atoms with Crippen LogP contribution < -0.4 is 9.64 Å². The van der Waals surface area contributed by atoms with E-state index in [2.05, 4.69) is 4.98 Å². The highest BCUT2D eigenvalue weighted by molar-refractivity contribution is 7.22. The molecule has 1 N–H and O–H groups in total. The number of hydrogen-bond donors (Lipinski definition) is 1. The van der Waals surface area contributed by atoms with E-state index in [9.17, 15) is 14.7 Å². The molecule has 0 saturated carbocycles. The standard InChI is InChI=1S/C26H19ClN2O4S/c1-14-6-11-19-20(12-14)34-26(28-19)29-22(16-4-3-5-17(27)13-16)21(24(31)25(29)32)23(30)15-7-9-18(33-2)10-8-15/h3-13,22,30H,1-2H3/b23-21+. The molecule has 4 aromatic rings. The number of thiazole rings is 1. The molecule has 1 aliphatic heterocycles. The molecule has 1 fully saturated rings. The Labute approximate surface area is 204 Å². The third-order valence-corrected chi connectivity index (χ3v) is 6.96. The van der Waals surface area contributed by atoms with Crippen molar-refractivity contribution in [2.75, 3.05) is 12.0 Å². The lowest BCUT2D eigenvalue weighted by molar-refractivity contribution is -0.132. The molecule has 1 aromatic heterocycles. The molecule has 1 atom stereocenters. The van der Waals surface area contributed by atoms with Crippen molar-refractivity contribution >= 4 is 55.7 Å². The molecule has 5 rings (SSSR count). The summed E-state index contributed by atoms with van der Waals surface area (Å²) >= 11 is 7.57. The SMILES string of the molecule is COc1ccc(/C(O)=C2\C(=O)C(=O)N(c3nc4ccc(C)cc4s3)C2c2cccc(Cl)c2)cc1. The Morgan fingerprint density at radius 2 is 1.85 bits per heavy atom. The molecule has 3 aromatic carbocycles. The Morgan fingerprint density at radius 1 is 1.09 bits per heavy atom. The number of amides is 1. The number of methoxy groups -OCH3 is 1. The van der Waals surface area contributed by atoms with Crippen LogP contribution >= 0.6 is 22.9 Å². The van der Waals surface area contributed by atoms with Crippen LogP contribution in [0.4, 0.5) is 5.13 Å². The minimum Gasteiger partial charge on any atom is -0.507 e. The summed E-state index contributed by atoms with van der Waals surface area (Å²) in [5.41, 5.74) is 2.76. The fraction of sp³-hybridized carbons (Fsp3) is 0.115. The van der Waals surface area contributed by atoms with E-state index in [4.69, 9.17) is 16.3 Å². The summed E-state index contributed by atoms with van der Waals surface area (Å²) in [6, 6.07) is 18.5. The number of ether oxygens (including phenoxy) is 1. The van der Waals surface area contributed by atoms with Gasteiger partial charge in [-0.15, -0.1) is 0 Å². The minimum absolute atomic E-state index is 0.0205. The van der Waals surface area contributed by atoms with Crippen LogP contribution in [0, 0.1) is 6.92 Å². The first-order valence-electron chi connectivity index (χ1n) is 10.5. The van der Waals surface area contributed by atoms with Gasteiger partial charge in [0.05, 0.1) is 28.9 Å². The van der Waals surface area contributed by atoms with Gasteiger partial charge in [0.25, 0.3) is 5.78 Å². The third-order valence-electron chi connectivity index (χ3n) is 5.71. The van der Waals surface area contributed by atoms with Gasteiger partial charge >= 0.3 is 5.91 Å². The quantitative estimate of drug-likeness (QED) is 0.219. The lowest BCUT2D eigenvalue weighted by atomic mass is 9.95. The zero-order chi connectivity index (χ0) is 24.0. The molecule has 170 valence electrons. The van der Waals surface area contributed by atoms with Crippen molar-refractivity contribution in [3.05, 3.63) is 94.0 Å². The number of ketones is 1. The second-order valence-corrected chi connectivity index (χ2v) is 9.37. The summed E-state index contributed by atoms with van der Waals surface area (Å²) in [6.45, 7) is 1.98. The molecule has 34 heavy (non-hydrogen) atoms. The van der Waals surface area contributed by atoms with Crippen LogP contribution in [-0.2, 0) is 9.59 Å². The number of rotatable bonds is 4. The number of aryl methyl sites for hydroxylation is 1. The average Bonchev–Trinajstić information content (AvgIpc) is 3.36. The van der Waals surface area contributed by atoms with Crippen LogP contribution in [0.25, 0.3) is 16.0 Å². The van der Waals surface area contributed by atoms with Crippen LogP contribution in [0.3, 0.4) is 0 Å². The van der Waals surface area contributed by atoms with Gasteiger partial charge in [0, 0.05) is 10.6 Å². The van der Waals surface area contributed by atoms with Crippen molar-refractivity contribution < 1.29 is 19.4 Å². The normalized spacial score (nSPS) is 17.5. The molecule has 0 spiro atoms. The molecule has 8 heteroatoms. The maximum Gasteiger partial charge on any atom is 0.301 e. The molecule has 1 amide bonds. The van der Waals surface area contributed by atoms with Crippen LogP contribution in [0.5, 0.6) is 5.75 Å². The number of carbonyl (C=O) groups excluding carboxylic acids is 2. The largest absolute Gasteiger partial charge is 0.507 e. The number of halogens is 1. The fourth-order valence-electron chi connectivity index (χ4n) is 4.05. The third kappa shape index (κ3) is 3.73. The smallest absolute Gasteiger partial charge is 0.301 e. The van der Waals surface area contributed by atoms with E-state index >= 15 is 0 Å². The Bertz CT molecular complexity index is 1480. The van der Waals surface area contributed by atoms with E-state index in [-0.39, 0.29) is 11.3 Å². The molecule has 1 saturated heterocycles. The number of benzene rings is 3. The van der Waals surface area contributed by atoms with E-state index in [1.54, 1.807) is 55.6 Å². The van der Waals surface area contributed by atoms with E-state index in [0.29, 0.717) is 27.0 Å².